The van der Waals surface area contributed by atoms with Crippen molar-refractivity contribution in [1.29, 1.82) is 0 Å². The lowest BCUT2D eigenvalue weighted by Gasteiger charge is -2.07. The molecule has 0 saturated carbocycles. The van der Waals surface area contributed by atoms with E-state index in [1.165, 1.54) is 19.2 Å². The van der Waals surface area contributed by atoms with Crippen molar-refractivity contribution in [2.24, 2.45) is 0 Å². The van der Waals surface area contributed by atoms with Crippen LogP contribution in [0, 0.1) is 0 Å². The molecule has 5 nitrogen and oxygen atoms in total. The fourth-order valence-corrected chi connectivity index (χ4v) is 2.32. The summed E-state index contributed by atoms with van der Waals surface area (Å²) in [5.74, 6) is 1.36. The second kappa shape index (κ2) is 6.91. The topological polar surface area (TPSA) is 71.7 Å². The third kappa shape index (κ3) is 3.41. The highest BCUT2D eigenvalue weighted by atomic mass is 16.5. The minimum Gasteiger partial charge on any atom is -0.507 e. The maximum Gasteiger partial charge on any atom is 0.255 e. The molecule has 0 unspecified atom stereocenters. The fraction of sp³-hybridized carbons (Fsp3) is 0.105. The van der Waals surface area contributed by atoms with Gasteiger partial charge in [-0.3, -0.25) is 4.79 Å². The molecule has 0 radical (unpaired) electrons. The quantitative estimate of drug-likeness (QED) is 0.752. The van der Waals surface area contributed by atoms with Crippen LogP contribution in [0.2, 0.25) is 0 Å². The number of methoxy groups -OCH3 is 1. The smallest absolute Gasteiger partial charge is 0.255 e. The first-order chi connectivity index (χ1) is 11.7. The van der Waals surface area contributed by atoms with E-state index in [-0.39, 0.29) is 23.8 Å². The molecule has 0 atom stereocenters. The van der Waals surface area contributed by atoms with Gasteiger partial charge in [0.15, 0.2) is 0 Å². The zero-order valence-electron chi connectivity index (χ0n) is 13.2. The first-order valence-electron chi connectivity index (χ1n) is 7.46. The number of amides is 1. The van der Waals surface area contributed by atoms with Gasteiger partial charge in [0.2, 0.25) is 0 Å². The van der Waals surface area contributed by atoms with Gasteiger partial charge in [0.05, 0.1) is 19.2 Å². The number of rotatable bonds is 5. The molecule has 1 heterocycles. The lowest BCUT2D eigenvalue weighted by molar-refractivity contribution is 0.0945. The van der Waals surface area contributed by atoms with E-state index in [0.717, 1.165) is 11.3 Å². The Morgan fingerprint density at radius 3 is 2.62 bits per heavy atom. The predicted molar refractivity (Wildman–Crippen MR) is 90.0 cm³/mol. The van der Waals surface area contributed by atoms with Crippen molar-refractivity contribution in [1.82, 2.24) is 5.32 Å². The number of phenolic OH excluding ortho intramolecular Hbond substituents is 1. The van der Waals surface area contributed by atoms with Crippen LogP contribution in [0.3, 0.4) is 0 Å². The van der Waals surface area contributed by atoms with Gasteiger partial charge in [-0.15, -0.1) is 0 Å². The van der Waals surface area contributed by atoms with Crippen LogP contribution in [0.15, 0.2) is 65.1 Å². The van der Waals surface area contributed by atoms with Gasteiger partial charge in [-0.25, -0.2) is 0 Å². The number of ether oxygens (including phenoxy) is 1. The Hall–Kier alpha value is -3.21. The van der Waals surface area contributed by atoms with Gasteiger partial charge in [0, 0.05) is 11.6 Å². The first-order valence-corrected chi connectivity index (χ1v) is 7.46. The Labute approximate surface area is 139 Å². The summed E-state index contributed by atoms with van der Waals surface area (Å²) in [5.41, 5.74) is 1.16. The van der Waals surface area contributed by atoms with Gasteiger partial charge in [0.25, 0.3) is 5.91 Å². The Kier molecular flexibility index (Phi) is 4.52. The average molecular weight is 323 g/mol. The molecule has 3 aromatic rings. The minimum atomic E-state index is -0.382. The maximum absolute atomic E-state index is 12.2. The largest absolute Gasteiger partial charge is 0.507 e. The van der Waals surface area contributed by atoms with Crippen LogP contribution in [-0.2, 0) is 6.54 Å². The van der Waals surface area contributed by atoms with E-state index in [0.29, 0.717) is 11.5 Å². The highest BCUT2D eigenvalue weighted by molar-refractivity contribution is 5.96. The summed E-state index contributed by atoms with van der Waals surface area (Å²) in [4.78, 5) is 12.2. The minimum absolute atomic E-state index is 0.128. The van der Waals surface area contributed by atoms with Crippen molar-refractivity contribution in [2.75, 3.05) is 7.11 Å². The van der Waals surface area contributed by atoms with Crippen molar-refractivity contribution in [2.45, 2.75) is 6.54 Å². The third-order valence-electron chi connectivity index (χ3n) is 3.59. The van der Waals surface area contributed by atoms with Crippen molar-refractivity contribution < 1.29 is 19.1 Å². The highest BCUT2D eigenvalue weighted by Gasteiger charge is 2.13. The van der Waals surface area contributed by atoms with Crippen molar-refractivity contribution in [3.63, 3.8) is 0 Å². The standard InChI is InChI=1S/C19H17NO4/c1-23-14-7-9-16(17(21)11-14)19(22)20-12-15-8-10-18(24-15)13-5-3-2-4-6-13/h2-11,21H,12H2,1H3,(H,20,22). The number of furan rings is 1. The zero-order chi connectivity index (χ0) is 16.9. The number of carbonyl (C=O) groups excluding carboxylic acids is 1. The first kappa shape index (κ1) is 15.7. The molecule has 0 aliphatic heterocycles. The molecule has 0 bridgehead atoms. The Bertz CT molecular complexity index is 840. The molecule has 0 aliphatic carbocycles. The van der Waals surface area contributed by atoms with Crippen LogP contribution in [-0.4, -0.2) is 18.1 Å². The van der Waals surface area contributed by atoms with Crippen molar-refractivity contribution >= 4 is 5.91 Å². The second-order valence-corrected chi connectivity index (χ2v) is 5.20. The zero-order valence-corrected chi connectivity index (χ0v) is 13.2. The van der Waals surface area contributed by atoms with Crippen LogP contribution >= 0.6 is 0 Å². The average Bonchev–Trinajstić information content (AvgIpc) is 3.09. The van der Waals surface area contributed by atoms with E-state index in [4.69, 9.17) is 9.15 Å². The Balaban J connectivity index is 1.66. The highest BCUT2D eigenvalue weighted by Crippen LogP contribution is 2.24. The van der Waals surface area contributed by atoms with E-state index in [1.54, 1.807) is 6.07 Å². The number of nitrogens with one attached hydrogen (secondary N) is 1. The summed E-state index contributed by atoms with van der Waals surface area (Å²) in [6, 6.07) is 17.9. The normalized spacial score (nSPS) is 10.4. The predicted octanol–water partition coefficient (Wildman–Crippen LogP) is 3.59. The Morgan fingerprint density at radius 2 is 1.92 bits per heavy atom. The fourth-order valence-electron chi connectivity index (χ4n) is 2.32. The summed E-state index contributed by atoms with van der Waals surface area (Å²) < 4.78 is 10.7. The number of hydrogen-bond acceptors (Lipinski definition) is 4. The molecule has 0 spiro atoms. The van der Waals surface area contributed by atoms with Crippen molar-refractivity contribution in [3.05, 3.63) is 72.0 Å². The molecule has 1 aromatic heterocycles. The molecular formula is C19H17NO4. The molecule has 1 amide bonds. The van der Waals surface area contributed by atoms with Gasteiger partial charge in [-0.1, -0.05) is 30.3 Å². The van der Waals surface area contributed by atoms with Crippen molar-refractivity contribution in [3.8, 4) is 22.8 Å². The van der Waals surface area contributed by atoms with E-state index in [1.807, 2.05) is 42.5 Å². The van der Waals surface area contributed by atoms with Gasteiger partial charge < -0.3 is 19.6 Å². The van der Waals surface area contributed by atoms with E-state index in [9.17, 15) is 9.90 Å². The summed E-state index contributed by atoms with van der Waals surface area (Å²) in [6.45, 7) is 0.233. The number of aromatic hydroxyl groups is 1. The summed E-state index contributed by atoms with van der Waals surface area (Å²) in [5, 5.41) is 12.6. The van der Waals surface area contributed by atoms with E-state index in [2.05, 4.69) is 5.32 Å². The van der Waals surface area contributed by atoms with Crippen LogP contribution in [0.5, 0.6) is 11.5 Å². The maximum atomic E-state index is 12.2. The second-order valence-electron chi connectivity index (χ2n) is 5.20. The molecule has 0 fully saturated rings. The number of carbonyl (C=O) groups is 1. The SMILES string of the molecule is COc1ccc(C(=O)NCc2ccc(-c3ccccc3)o2)c(O)c1. The Morgan fingerprint density at radius 1 is 1.12 bits per heavy atom. The molecule has 0 saturated heterocycles. The lowest BCUT2D eigenvalue weighted by Crippen LogP contribution is -2.22. The van der Waals surface area contributed by atoms with Crippen LogP contribution in [0.4, 0.5) is 0 Å². The van der Waals surface area contributed by atoms with Crippen LogP contribution in [0.1, 0.15) is 16.1 Å². The van der Waals surface area contributed by atoms with E-state index >= 15 is 0 Å². The molecule has 5 heteroatoms. The molecule has 24 heavy (non-hydrogen) atoms. The number of benzene rings is 2. The number of hydrogen-bond donors (Lipinski definition) is 2. The molecule has 3 rings (SSSR count). The molecular weight excluding hydrogens is 306 g/mol. The van der Waals surface area contributed by atoms with Crippen LogP contribution < -0.4 is 10.1 Å². The monoisotopic (exact) mass is 323 g/mol. The summed E-state index contributed by atoms with van der Waals surface area (Å²) in [7, 11) is 1.50. The van der Waals surface area contributed by atoms with Gasteiger partial charge in [0.1, 0.15) is 23.0 Å². The lowest BCUT2D eigenvalue weighted by atomic mass is 10.2. The van der Waals surface area contributed by atoms with Crippen LogP contribution in [0.25, 0.3) is 11.3 Å². The summed E-state index contributed by atoms with van der Waals surface area (Å²) in [6.07, 6.45) is 0. The van der Waals surface area contributed by atoms with Gasteiger partial charge in [-0.2, -0.15) is 0 Å². The molecule has 2 aromatic carbocycles. The molecule has 122 valence electrons. The van der Waals surface area contributed by atoms with Gasteiger partial charge >= 0.3 is 0 Å². The molecule has 2 N–H and O–H groups in total. The summed E-state index contributed by atoms with van der Waals surface area (Å²) >= 11 is 0. The third-order valence-corrected chi connectivity index (χ3v) is 3.59. The van der Waals surface area contributed by atoms with Gasteiger partial charge in [-0.05, 0) is 24.3 Å². The van der Waals surface area contributed by atoms with E-state index < -0.39 is 0 Å². The molecule has 0 aliphatic rings. The number of phenols is 1.